The lowest BCUT2D eigenvalue weighted by atomic mass is 10.1. The highest BCUT2D eigenvalue weighted by Crippen LogP contribution is 2.14. The van der Waals surface area contributed by atoms with Crippen LogP contribution in [0.15, 0.2) is 60.7 Å². The summed E-state index contributed by atoms with van der Waals surface area (Å²) >= 11 is 5.49. The van der Waals surface area contributed by atoms with Crippen LogP contribution in [0.5, 0.6) is 5.75 Å². The maximum atomic E-state index is 11.9. The van der Waals surface area contributed by atoms with E-state index in [1.54, 1.807) is 36.4 Å². The van der Waals surface area contributed by atoms with Crippen LogP contribution in [-0.2, 0) is 0 Å². The van der Waals surface area contributed by atoms with Crippen molar-refractivity contribution in [3.63, 3.8) is 0 Å². The summed E-state index contributed by atoms with van der Waals surface area (Å²) < 4.78 is 5.38. The fourth-order valence-electron chi connectivity index (χ4n) is 1.78. The zero-order valence-corrected chi connectivity index (χ0v) is 12.7. The van der Waals surface area contributed by atoms with Crippen LogP contribution in [-0.4, -0.2) is 29.5 Å². The summed E-state index contributed by atoms with van der Waals surface area (Å²) in [5.41, 5.74) is 1.56. The van der Waals surface area contributed by atoms with Gasteiger partial charge in [-0.3, -0.25) is 4.79 Å². The van der Waals surface area contributed by atoms with Crippen molar-refractivity contribution in [2.24, 2.45) is 0 Å². The second-order valence-corrected chi connectivity index (χ2v) is 5.06. The topological polar surface area (TPSA) is 46.5 Å². The molecule has 2 aromatic rings. The van der Waals surface area contributed by atoms with E-state index in [2.05, 4.69) is 0 Å². The monoisotopic (exact) mass is 316 g/mol. The second kappa shape index (κ2) is 8.37. The van der Waals surface area contributed by atoms with Crippen molar-refractivity contribution in [3.8, 4) is 5.75 Å². The lowest BCUT2D eigenvalue weighted by molar-refractivity contribution is 0.104. The summed E-state index contributed by atoms with van der Waals surface area (Å²) in [6, 6.07) is 16.4. The Morgan fingerprint density at radius 2 is 1.82 bits per heavy atom. The molecule has 2 aromatic carbocycles. The summed E-state index contributed by atoms with van der Waals surface area (Å²) in [4.78, 5) is 11.9. The number of alkyl halides is 1. The lowest BCUT2D eigenvalue weighted by Gasteiger charge is -2.09. The molecule has 1 atom stereocenters. The molecule has 2 rings (SSSR count). The molecule has 1 unspecified atom stereocenters. The summed E-state index contributed by atoms with van der Waals surface area (Å²) in [6.45, 7) is 0.158. The van der Waals surface area contributed by atoms with Crippen LogP contribution in [0.3, 0.4) is 0 Å². The number of rotatable bonds is 7. The van der Waals surface area contributed by atoms with Gasteiger partial charge in [0.25, 0.3) is 0 Å². The molecule has 114 valence electrons. The molecule has 0 aliphatic carbocycles. The van der Waals surface area contributed by atoms with Gasteiger partial charge in [0.1, 0.15) is 18.5 Å². The molecule has 0 saturated heterocycles. The first kappa shape index (κ1) is 16.3. The van der Waals surface area contributed by atoms with Gasteiger partial charge >= 0.3 is 0 Å². The third-order valence-corrected chi connectivity index (χ3v) is 3.34. The molecule has 0 spiro atoms. The summed E-state index contributed by atoms with van der Waals surface area (Å²) in [7, 11) is 0. The van der Waals surface area contributed by atoms with Crippen LogP contribution in [0.4, 0.5) is 0 Å². The van der Waals surface area contributed by atoms with E-state index in [4.69, 9.17) is 16.3 Å². The van der Waals surface area contributed by atoms with E-state index in [1.807, 2.05) is 30.3 Å². The summed E-state index contributed by atoms with van der Waals surface area (Å²) in [5.74, 6) is 0.754. The number of hydrogen-bond acceptors (Lipinski definition) is 3. The van der Waals surface area contributed by atoms with E-state index < -0.39 is 6.10 Å². The number of aliphatic hydroxyl groups excluding tert-OH is 1. The number of ether oxygens (including phenoxy) is 1. The van der Waals surface area contributed by atoms with E-state index in [-0.39, 0.29) is 18.3 Å². The fourth-order valence-corrected chi connectivity index (χ4v) is 1.87. The lowest BCUT2D eigenvalue weighted by Crippen LogP contribution is -2.18. The molecular formula is C18H17ClO3. The summed E-state index contributed by atoms with van der Waals surface area (Å²) in [6.07, 6.45) is 2.62. The van der Waals surface area contributed by atoms with E-state index in [0.717, 1.165) is 5.56 Å². The normalized spacial score (nSPS) is 12.3. The first-order valence-electron chi connectivity index (χ1n) is 6.93. The SMILES string of the molecule is O=C(C=Cc1ccc(OCC(O)CCl)cc1)c1ccccc1. The van der Waals surface area contributed by atoms with Crippen molar-refractivity contribution in [3.05, 3.63) is 71.8 Å². The van der Waals surface area contributed by atoms with Gasteiger partial charge in [0.2, 0.25) is 0 Å². The standard InChI is InChI=1S/C18H17ClO3/c19-12-16(20)13-22-17-9-6-14(7-10-17)8-11-18(21)15-4-2-1-3-5-15/h1-11,16,20H,12-13H2. The zero-order chi connectivity index (χ0) is 15.8. The Hall–Kier alpha value is -2.10. The van der Waals surface area contributed by atoms with Crippen molar-refractivity contribution in [2.45, 2.75) is 6.10 Å². The largest absolute Gasteiger partial charge is 0.491 e. The number of benzene rings is 2. The Morgan fingerprint density at radius 1 is 1.14 bits per heavy atom. The number of allylic oxidation sites excluding steroid dienone is 1. The highest BCUT2D eigenvalue weighted by atomic mass is 35.5. The average Bonchev–Trinajstić information content (AvgIpc) is 2.59. The maximum absolute atomic E-state index is 11.9. The second-order valence-electron chi connectivity index (χ2n) is 4.75. The van der Waals surface area contributed by atoms with Gasteiger partial charge in [-0.2, -0.15) is 0 Å². The molecule has 0 heterocycles. The molecule has 0 aromatic heterocycles. The number of aliphatic hydroxyl groups is 1. The van der Waals surface area contributed by atoms with Gasteiger partial charge in [-0.25, -0.2) is 0 Å². The van der Waals surface area contributed by atoms with Gasteiger partial charge in [-0.1, -0.05) is 48.5 Å². The molecule has 22 heavy (non-hydrogen) atoms. The molecule has 0 fully saturated rings. The van der Waals surface area contributed by atoms with Crippen molar-refractivity contribution in [1.82, 2.24) is 0 Å². The highest BCUT2D eigenvalue weighted by molar-refractivity contribution is 6.18. The van der Waals surface area contributed by atoms with Crippen LogP contribution in [0, 0.1) is 0 Å². The van der Waals surface area contributed by atoms with Crippen molar-refractivity contribution >= 4 is 23.5 Å². The number of ketones is 1. The Labute approximate surface area is 134 Å². The minimum absolute atomic E-state index is 0.0360. The molecule has 0 radical (unpaired) electrons. The van der Waals surface area contributed by atoms with Crippen LogP contribution in [0.25, 0.3) is 6.08 Å². The molecular weight excluding hydrogens is 300 g/mol. The Kier molecular flexibility index (Phi) is 6.19. The zero-order valence-electron chi connectivity index (χ0n) is 12.0. The molecule has 0 aliphatic rings. The quantitative estimate of drug-likeness (QED) is 0.482. The molecule has 0 amide bonds. The first-order chi connectivity index (χ1) is 10.7. The van der Waals surface area contributed by atoms with Crippen LogP contribution >= 0.6 is 11.6 Å². The molecule has 4 heteroatoms. The van der Waals surface area contributed by atoms with Gasteiger partial charge in [0, 0.05) is 5.56 Å². The third kappa shape index (κ3) is 5.02. The van der Waals surface area contributed by atoms with E-state index >= 15 is 0 Å². The van der Waals surface area contributed by atoms with Gasteiger partial charge in [-0.15, -0.1) is 11.6 Å². The number of hydrogen-bond donors (Lipinski definition) is 1. The first-order valence-corrected chi connectivity index (χ1v) is 7.47. The minimum Gasteiger partial charge on any atom is -0.491 e. The van der Waals surface area contributed by atoms with Crippen molar-refractivity contribution in [2.75, 3.05) is 12.5 Å². The Morgan fingerprint density at radius 3 is 2.45 bits per heavy atom. The van der Waals surface area contributed by atoms with E-state index in [0.29, 0.717) is 11.3 Å². The van der Waals surface area contributed by atoms with Crippen LogP contribution < -0.4 is 4.74 Å². The van der Waals surface area contributed by atoms with Gasteiger partial charge in [0.05, 0.1) is 5.88 Å². The van der Waals surface area contributed by atoms with Gasteiger partial charge in [0.15, 0.2) is 5.78 Å². The van der Waals surface area contributed by atoms with Crippen LogP contribution in [0.1, 0.15) is 15.9 Å². The van der Waals surface area contributed by atoms with Crippen LogP contribution in [0.2, 0.25) is 0 Å². The fraction of sp³-hybridized carbons (Fsp3) is 0.167. The van der Waals surface area contributed by atoms with Gasteiger partial charge in [-0.05, 0) is 23.8 Å². The molecule has 3 nitrogen and oxygen atoms in total. The number of halogens is 1. The van der Waals surface area contributed by atoms with Gasteiger partial charge < -0.3 is 9.84 Å². The third-order valence-electron chi connectivity index (χ3n) is 2.99. The number of carbonyl (C=O) groups excluding carboxylic acids is 1. The predicted octanol–water partition coefficient (Wildman–Crippen LogP) is 3.56. The van der Waals surface area contributed by atoms with Crippen molar-refractivity contribution in [1.29, 1.82) is 0 Å². The molecule has 1 N–H and O–H groups in total. The Balaban J connectivity index is 1.93. The smallest absolute Gasteiger partial charge is 0.185 e. The molecule has 0 saturated carbocycles. The Bertz CT molecular complexity index is 621. The molecule has 0 aliphatic heterocycles. The maximum Gasteiger partial charge on any atom is 0.185 e. The average molecular weight is 317 g/mol. The van der Waals surface area contributed by atoms with Crippen molar-refractivity contribution < 1.29 is 14.6 Å². The summed E-state index contributed by atoms with van der Waals surface area (Å²) in [5, 5.41) is 9.32. The molecule has 0 bridgehead atoms. The number of carbonyl (C=O) groups is 1. The van der Waals surface area contributed by atoms with E-state index in [1.165, 1.54) is 0 Å². The minimum atomic E-state index is -0.676. The highest BCUT2D eigenvalue weighted by Gasteiger charge is 2.03. The van der Waals surface area contributed by atoms with E-state index in [9.17, 15) is 9.90 Å². The predicted molar refractivity (Wildman–Crippen MR) is 88.5 cm³/mol.